The van der Waals surface area contributed by atoms with E-state index in [1.165, 1.54) is 0 Å². The SMILES string of the molecule is CC[C@@H]1CN(Cc2nc(C(CC(=O)O)c3ccc4c(nnn4C4CC4)c3C)ccc2C)S(O)(O)c2cccnc2O1. The lowest BCUT2D eigenvalue weighted by Gasteiger charge is -2.41. The average molecular weight is 579 g/mol. The number of nitrogens with zero attached hydrogens (tertiary/aromatic N) is 6. The molecule has 6 rings (SSSR count). The van der Waals surface area contributed by atoms with Crippen molar-refractivity contribution in [1.82, 2.24) is 29.3 Å². The Kier molecular flexibility index (Phi) is 7.18. The van der Waals surface area contributed by atoms with E-state index in [9.17, 15) is 19.0 Å². The monoisotopic (exact) mass is 578 g/mol. The largest absolute Gasteiger partial charge is 0.481 e. The summed E-state index contributed by atoms with van der Waals surface area (Å²) in [5.74, 6) is -1.23. The number of aromatic nitrogens is 5. The Morgan fingerprint density at radius 2 is 1.98 bits per heavy atom. The van der Waals surface area contributed by atoms with E-state index in [1.807, 2.05) is 49.7 Å². The second-order valence-corrected chi connectivity index (χ2v) is 12.9. The molecule has 1 aliphatic heterocycles. The first-order valence-corrected chi connectivity index (χ1v) is 15.3. The zero-order valence-corrected chi connectivity index (χ0v) is 24.1. The second-order valence-electron chi connectivity index (χ2n) is 10.9. The van der Waals surface area contributed by atoms with E-state index in [0.717, 1.165) is 40.6 Å². The van der Waals surface area contributed by atoms with Crippen molar-refractivity contribution in [2.75, 3.05) is 6.54 Å². The van der Waals surface area contributed by atoms with Crippen LogP contribution in [0.15, 0.2) is 47.5 Å². The van der Waals surface area contributed by atoms with Crippen LogP contribution >= 0.6 is 10.8 Å². The number of pyridine rings is 2. The highest BCUT2D eigenvalue weighted by Gasteiger charge is 2.36. The molecule has 1 aromatic carbocycles. The number of ether oxygens (including phenoxy) is 1. The van der Waals surface area contributed by atoms with Gasteiger partial charge in [0.25, 0.3) is 0 Å². The number of carboxylic acid groups (broad SMARTS) is 1. The summed E-state index contributed by atoms with van der Waals surface area (Å²) in [6.07, 6.45) is 3.96. The number of carboxylic acids is 1. The number of fused-ring (bicyclic) bond motifs is 2. The summed E-state index contributed by atoms with van der Waals surface area (Å²) in [4.78, 5) is 21.5. The third-order valence-corrected chi connectivity index (χ3v) is 9.92. The molecule has 4 aromatic rings. The first kappa shape index (κ1) is 27.6. The number of aryl methyl sites for hydroxylation is 2. The van der Waals surface area contributed by atoms with E-state index >= 15 is 0 Å². The summed E-state index contributed by atoms with van der Waals surface area (Å²) in [5.41, 5.74) is 5.55. The highest BCUT2D eigenvalue weighted by molar-refractivity contribution is 8.22. The van der Waals surface area contributed by atoms with Gasteiger partial charge in [-0.25, -0.2) is 9.67 Å². The summed E-state index contributed by atoms with van der Waals surface area (Å²) in [7, 11) is -3.42. The molecule has 2 aliphatic rings. The lowest BCUT2D eigenvalue weighted by molar-refractivity contribution is -0.137. The quantitative estimate of drug-likeness (QED) is 0.246. The van der Waals surface area contributed by atoms with E-state index in [2.05, 4.69) is 15.3 Å². The minimum absolute atomic E-state index is 0.143. The Hall–Kier alpha value is -3.58. The van der Waals surface area contributed by atoms with Gasteiger partial charge in [-0.15, -0.1) is 15.9 Å². The zero-order valence-electron chi connectivity index (χ0n) is 23.3. The van der Waals surface area contributed by atoms with Crippen molar-refractivity contribution < 1.29 is 23.7 Å². The molecule has 4 heterocycles. The molecule has 0 amide bonds. The van der Waals surface area contributed by atoms with Crippen molar-refractivity contribution in [3.63, 3.8) is 0 Å². The van der Waals surface area contributed by atoms with Gasteiger partial charge < -0.3 is 9.84 Å². The third-order valence-electron chi connectivity index (χ3n) is 8.03. The summed E-state index contributed by atoms with van der Waals surface area (Å²) < 4.78 is 32.4. The number of benzene rings is 1. The van der Waals surface area contributed by atoms with Gasteiger partial charge in [0.1, 0.15) is 16.5 Å². The molecular formula is C29H34N6O5S. The molecule has 1 unspecified atom stereocenters. The van der Waals surface area contributed by atoms with Gasteiger partial charge in [-0.05, 0) is 74.1 Å². The predicted molar refractivity (Wildman–Crippen MR) is 154 cm³/mol. The Bertz CT molecular complexity index is 1620. The molecule has 1 fully saturated rings. The van der Waals surface area contributed by atoms with Crippen molar-refractivity contribution >= 4 is 27.8 Å². The normalized spacial score (nSPS) is 20.2. The van der Waals surface area contributed by atoms with Gasteiger partial charge in [0, 0.05) is 17.8 Å². The van der Waals surface area contributed by atoms with E-state index in [-0.39, 0.29) is 36.4 Å². The molecule has 3 N–H and O–H groups in total. The molecule has 216 valence electrons. The second kappa shape index (κ2) is 10.7. The fourth-order valence-corrected chi connectivity index (χ4v) is 7.03. The molecule has 0 saturated heterocycles. The number of carbonyl (C=O) groups is 1. The van der Waals surface area contributed by atoms with Crippen molar-refractivity contribution in [2.24, 2.45) is 0 Å². The Morgan fingerprint density at radius 3 is 2.71 bits per heavy atom. The van der Waals surface area contributed by atoms with Crippen LogP contribution in [0.5, 0.6) is 5.88 Å². The number of aliphatic carboxylic acids is 1. The Labute approximate surface area is 239 Å². The fourth-order valence-electron chi connectivity index (χ4n) is 5.48. The standard InChI is InChI=1S/C29H34N6O5S/c1-4-20-15-34(41(38,39)26-6-5-13-30-29(26)40-20)16-24-17(2)7-11-23(31-24)22(14-27(36)37)21-10-12-25-28(18(21)3)32-33-35(25)19-8-9-19/h5-7,10-13,19-20,22,38-39H,4,8-9,14-16H2,1-3H3,(H,36,37)/t20-,22?/m1/s1. The number of rotatable bonds is 8. The summed E-state index contributed by atoms with van der Waals surface area (Å²) in [6.45, 7) is 6.26. The zero-order chi connectivity index (χ0) is 28.9. The summed E-state index contributed by atoms with van der Waals surface area (Å²) in [6, 6.07) is 11.4. The first-order chi connectivity index (χ1) is 19.7. The average Bonchev–Trinajstić information content (AvgIpc) is 3.71. The van der Waals surface area contributed by atoms with Crippen LogP contribution < -0.4 is 4.74 Å². The van der Waals surface area contributed by atoms with Gasteiger partial charge in [-0.3, -0.25) is 18.9 Å². The molecule has 1 saturated carbocycles. The lowest BCUT2D eigenvalue weighted by atomic mass is 9.88. The maximum atomic E-state index is 12.1. The van der Waals surface area contributed by atoms with Gasteiger partial charge in [0.2, 0.25) is 5.88 Å². The minimum Gasteiger partial charge on any atom is -0.481 e. The van der Waals surface area contributed by atoms with E-state index in [4.69, 9.17) is 9.72 Å². The number of hydrogen-bond donors (Lipinski definition) is 3. The molecule has 0 spiro atoms. The lowest BCUT2D eigenvalue weighted by Crippen LogP contribution is -2.35. The van der Waals surface area contributed by atoms with Crippen LogP contribution in [0.1, 0.15) is 72.6 Å². The van der Waals surface area contributed by atoms with E-state index < -0.39 is 22.7 Å². The van der Waals surface area contributed by atoms with Crippen molar-refractivity contribution in [2.45, 2.75) is 76.0 Å². The Morgan fingerprint density at radius 1 is 1.17 bits per heavy atom. The Balaban J connectivity index is 1.38. The predicted octanol–water partition coefficient (Wildman–Crippen LogP) is 5.48. The maximum absolute atomic E-state index is 12.1. The fraction of sp³-hybridized carbons (Fsp3) is 0.414. The maximum Gasteiger partial charge on any atom is 0.304 e. The van der Waals surface area contributed by atoms with Gasteiger partial charge in [0.15, 0.2) is 0 Å². The molecule has 1 aliphatic carbocycles. The van der Waals surface area contributed by atoms with E-state index in [1.54, 1.807) is 22.6 Å². The van der Waals surface area contributed by atoms with Gasteiger partial charge >= 0.3 is 5.97 Å². The summed E-state index contributed by atoms with van der Waals surface area (Å²) in [5, 5.41) is 18.7. The molecule has 11 nitrogen and oxygen atoms in total. The molecule has 3 aromatic heterocycles. The smallest absolute Gasteiger partial charge is 0.304 e. The van der Waals surface area contributed by atoms with Gasteiger partial charge in [-0.2, -0.15) is 4.31 Å². The van der Waals surface area contributed by atoms with Crippen LogP contribution in [0, 0.1) is 13.8 Å². The molecule has 0 radical (unpaired) electrons. The highest BCUT2D eigenvalue weighted by Crippen LogP contribution is 2.57. The van der Waals surface area contributed by atoms with Crippen molar-refractivity contribution in [1.29, 1.82) is 0 Å². The van der Waals surface area contributed by atoms with Crippen LogP contribution in [0.2, 0.25) is 0 Å². The molecular weight excluding hydrogens is 544 g/mol. The van der Waals surface area contributed by atoms with Crippen LogP contribution in [-0.4, -0.2) is 62.1 Å². The minimum atomic E-state index is -3.42. The summed E-state index contributed by atoms with van der Waals surface area (Å²) >= 11 is 0. The van der Waals surface area contributed by atoms with Gasteiger partial charge in [0.05, 0.1) is 36.8 Å². The van der Waals surface area contributed by atoms with E-state index in [0.29, 0.717) is 23.9 Å². The molecule has 41 heavy (non-hydrogen) atoms. The van der Waals surface area contributed by atoms with Crippen LogP contribution in [0.3, 0.4) is 0 Å². The number of hydrogen-bond acceptors (Lipinski definition) is 9. The first-order valence-electron chi connectivity index (χ1n) is 13.8. The van der Waals surface area contributed by atoms with Crippen molar-refractivity contribution in [3.05, 3.63) is 70.7 Å². The van der Waals surface area contributed by atoms with Crippen LogP contribution in [0.4, 0.5) is 0 Å². The van der Waals surface area contributed by atoms with Crippen LogP contribution in [-0.2, 0) is 11.3 Å². The van der Waals surface area contributed by atoms with Crippen molar-refractivity contribution in [3.8, 4) is 5.88 Å². The van der Waals surface area contributed by atoms with Crippen LogP contribution in [0.25, 0.3) is 11.0 Å². The highest BCUT2D eigenvalue weighted by atomic mass is 32.3. The third kappa shape index (κ3) is 5.16. The van der Waals surface area contributed by atoms with Gasteiger partial charge in [-0.1, -0.05) is 24.3 Å². The molecule has 2 atom stereocenters. The molecule has 12 heteroatoms. The topological polar surface area (TPSA) is 147 Å². The molecule has 0 bridgehead atoms.